The fourth-order valence-electron chi connectivity index (χ4n) is 2.37. The standard InChI is InChI=1S/C14H22N2/c1-2-15-12-8-10-14(11-9-12)16-13-6-4-3-5-7-13/h8-11,13,15-16H,2-7H2,1H3. The van der Waals surface area contributed by atoms with Crippen LogP contribution >= 0.6 is 0 Å². The number of benzene rings is 1. The molecule has 88 valence electrons. The van der Waals surface area contributed by atoms with Crippen LogP contribution in [-0.4, -0.2) is 12.6 Å². The fourth-order valence-corrected chi connectivity index (χ4v) is 2.37. The number of rotatable bonds is 4. The number of hydrogen-bond donors (Lipinski definition) is 2. The first-order valence-corrected chi connectivity index (χ1v) is 6.49. The highest BCUT2D eigenvalue weighted by Gasteiger charge is 2.12. The summed E-state index contributed by atoms with van der Waals surface area (Å²) < 4.78 is 0. The summed E-state index contributed by atoms with van der Waals surface area (Å²) in [6, 6.07) is 9.33. The highest BCUT2D eigenvalue weighted by atomic mass is 14.9. The zero-order valence-corrected chi connectivity index (χ0v) is 10.1. The summed E-state index contributed by atoms with van der Waals surface area (Å²) in [6.07, 6.45) is 6.84. The van der Waals surface area contributed by atoms with Gasteiger partial charge in [-0.05, 0) is 44.0 Å². The Morgan fingerprint density at radius 2 is 1.62 bits per heavy atom. The van der Waals surface area contributed by atoms with Gasteiger partial charge in [0.15, 0.2) is 0 Å². The van der Waals surface area contributed by atoms with Crippen molar-refractivity contribution in [3.8, 4) is 0 Å². The molecule has 0 radical (unpaired) electrons. The second kappa shape index (κ2) is 5.78. The lowest BCUT2D eigenvalue weighted by Crippen LogP contribution is -2.22. The van der Waals surface area contributed by atoms with Crippen LogP contribution in [0.2, 0.25) is 0 Å². The SMILES string of the molecule is CCNc1ccc(NC2CCCCC2)cc1. The van der Waals surface area contributed by atoms with Crippen molar-refractivity contribution in [3.63, 3.8) is 0 Å². The van der Waals surface area contributed by atoms with Gasteiger partial charge >= 0.3 is 0 Å². The summed E-state index contributed by atoms with van der Waals surface area (Å²) in [5, 5.41) is 6.93. The second-order valence-corrected chi connectivity index (χ2v) is 4.59. The van der Waals surface area contributed by atoms with Crippen molar-refractivity contribution in [2.24, 2.45) is 0 Å². The first-order valence-electron chi connectivity index (χ1n) is 6.49. The molecule has 2 rings (SSSR count). The minimum Gasteiger partial charge on any atom is -0.385 e. The quantitative estimate of drug-likeness (QED) is 0.801. The van der Waals surface area contributed by atoms with Gasteiger partial charge in [-0.3, -0.25) is 0 Å². The van der Waals surface area contributed by atoms with E-state index in [-0.39, 0.29) is 0 Å². The minimum atomic E-state index is 0.693. The van der Waals surface area contributed by atoms with Gasteiger partial charge in [-0.1, -0.05) is 19.3 Å². The summed E-state index contributed by atoms with van der Waals surface area (Å²) in [7, 11) is 0. The number of hydrogen-bond acceptors (Lipinski definition) is 2. The van der Waals surface area contributed by atoms with Gasteiger partial charge in [-0.2, -0.15) is 0 Å². The fraction of sp³-hybridized carbons (Fsp3) is 0.571. The predicted octanol–water partition coefficient (Wildman–Crippen LogP) is 3.86. The molecular formula is C14H22N2. The Bertz CT molecular complexity index is 299. The minimum absolute atomic E-state index is 0.693. The molecule has 16 heavy (non-hydrogen) atoms. The van der Waals surface area contributed by atoms with E-state index in [1.54, 1.807) is 0 Å². The molecule has 0 aliphatic heterocycles. The van der Waals surface area contributed by atoms with Gasteiger partial charge in [0.25, 0.3) is 0 Å². The monoisotopic (exact) mass is 218 g/mol. The highest BCUT2D eigenvalue weighted by Crippen LogP contribution is 2.22. The summed E-state index contributed by atoms with van der Waals surface area (Å²) in [4.78, 5) is 0. The van der Waals surface area contributed by atoms with Gasteiger partial charge in [0, 0.05) is 24.0 Å². The van der Waals surface area contributed by atoms with E-state index in [1.807, 2.05) is 0 Å². The molecule has 0 spiro atoms. The number of nitrogens with one attached hydrogen (secondary N) is 2. The molecule has 0 saturated heterocycles. The van der Waals surface area contributed by atoms with Gasteiger partial charge in [0.2, 0.25) is 0 Å². The Labute approximate surface area is 98.4 Å². The van der Waals surface area contributed by atoms with Crippen molar-refractivity contribution in [1.82, 2.24) is 0 Å². The third kappa shape index (κ3) is 3.16. The molecule has 2 nitrogen and oxygen atoms in total. The molecule has 1 aromatic carbocycles. The summed E-state index contributed by atoms with van der Waals surface area (Å²) in [5.74, 6) is 0. The topological polar surface area (TPSA) is 24.1 Å². The first-order chi connectivity index (χ1) is 7.88. The lowest BCUT2D eigenvalue weighted by Gasteiger charge is -2.23. The molecule has 1 aliphatic carbocycles. The van der Waals surface area contributed by atoms with Gasteiger partial charge in [-0.25, -0.2) is 0 Å². The Balaban J connectivity index is 1.88. The van der Waals surface area contributed by atoms with Crippen LogP contribution in [0.15, 0.2) is 24.3 Å². The third-order valence-corrected chi connectivity index (χ3v) is 3.24. The van der Waals surface area contributed by atoms with Crippen molar-refractivity contribution in [2.45, 2.75) is 45.1 Å². The molecule has 0 amide bonds. The van der Waals surface area contributed by atoms with Crippen LogP contribution < -0.4 is 10.6 Å². The van der Waals surface area contributed by atoms with Gasteiger partial charge in [0.05, 0.1) is 0 Å². The van der Waals surface area contributed by atoms with Crippen LogP contribution in [0.5, 0.6) is 0 Å². The molecule has 0 bridgehead atoms. The smallest absolute Gasteiger partial charge is 0.0343 e. The van der Waals surface area contributed by atoms with E-state index in [0.29, 0.717) is 6.04 Å². The van der Waals surface area contributed by atoms with Crippen LogP contribution in [0.4, 0.5) is 11.4 Å². The zero-order valence-electron chi connectivity index (χ0n) is 10.1. The average Bonchev–Trinajstić information content (AvgIpc) is 2.33. The van der Waals surface area contributed by atoms with Crippen LogP contribution in [0.1, 0.15) is 39.0 Å². The van der Waals surface area contributed by atoms with E-state index in [2.05, 4.69) is 41.8 Å². The molecule has 0 atom stereocenters. The molecule has 0 heterocycles. The zero-order chi connectivity index (χ0) is 11.2. The van der Waals surface area contributed by atoms with E-state index >= 15 is 0 Å². The van der Waals surface area contributed by atoms with Gasteiger partial charge in [0.1, 0.15) is 0 Å². The first kappa shape index (κ1) is 11.3. The Morgan fingerprint density at radius 1 is 1.00 bits per heavy atom. The maximum absolute atomic E-state index is 3.62. The lowest BCUT2D eigenvalue weighted by molar-refractivity contribution is 0.463. The maximum Gasteiger partial charge on any atom is 0.0343 e. The van der Waals surface area contributed by atoms with E-state index < -0.39 is 0 Å². The van der Waals surface area contributed by atoms with Crippen LogP contribution in [0.25, 0.3) is 0 Å². The third-order valence-electron chi connectivity index (χ3n) is 3.24. The Kier molecular flexibility index (Phi) is 4.09. The molecule has 1 aromatic rings. The van der Waals surface area contributed by atoms with Crippen molar-refractivity contribution in [3.05, 3.63) is 24.3 Å². The van der Waals surface area contributed by atoms with Crippen LogP contribution in [-0.2, 0) is 0 Å². The van der Waals surface area contributed by atoms with E-state index in [4.69, 9.17) is 0 Å². The summed E-state index contributed by atoms with van der Waals surface area (Å²) in [5.41, 5.74) is 2.46. The van der Waals surface area contributed by atoms with E-state index in [9.17, 15) is 0 Å². The van der Waals surface area contributed by atoms with E-state index in [0.717, 1.165) is 6.54 Å². The van der Waals surface area contributed by atoms with Crippen molar-refractivity contribution in [1.29, 1.82) is 0 Å². The van der Waals surface area contributed by atoms with E-state index in [1.165, 1.54) is 43.5 Å². The molecule has 1 fully saturated rings. The molecule has 0 aromatic heterocycles. The lowest BCUT2D eigenvalue weighted by atomic mass is 9.95. The van der Waals surface area contributed by atoms with Crippen molar-refractivity contribution < 1.29 is 0 Å². The molecule has 2 heteroatoms. The number of anilines is 2. The molecule has 1 saturated carbocycles. The predicted molar refractivity (Wildman–Crippen MR) is 71.1 cm³/mol. The molecule has 0 unspecified atom stereocenters. The van der Waals surface area contributed by atoms with Crippen molar-refractivity contribution >= 4 is 11.4 Å². The largest absolute Gasteiger partial charge is 0.385 e. The molecule has 1 aliphatic rings. The second-order valence-electron chi connectivity index (χ2n) is 4.59. The molecular weight excluding hydrogens is 196 g/mol. The van der Waals surface area contributed by atoms with Crippen LogP contribution in [0.3, 0.4) is 0 Å². The normalized spacial score (nSPS) is 17.1. The Hall–Kier alpha value is -1.18. The highest BCUT2D eigenvalue weighted by molar-refractivity contribution is 5.53. The maximum atomic E-state index is 3.62. The summed E-state index contributed by atoms with van der Waals surface area (Å²) >= 11 is 0. The Morgan fingerprint density at radius 3 is 2.25 bits per heavy atom. The summed E-state index contributed by atoms with van der Waals surface area (Å²) in [6.45, 7) is 3.10. The van der Waals surface area contributed by atoms with Crippen molar-refractivity contribution in [2.75, 3.05) is 17.2 Å². The van der Waals surface area contributed by atoms with Gasteiger partial charge < -0.3 is 10.6 Å². The van der Waals surface area contributed by atoms with Gasteiger partial charge in [-0.15, -0.1) is 0 Å². The molecule has 2 N–H and O–H groups in total. The average molecular weight is 218 g/mol. The van der Waals surface area contributed by atoms with Crippen LogP contribution in [0, 0.1) is 0 Å².